The average molecular weight is 269 g/mol. The van der Waals surface area contributed by atoms with Gasteiger partial charge in [-0.25, -0.2) is 0 Å². The third-order valence-corrected chi connectivity index (χ3v) is 4.54. The van der Waals surface area contributed by atoms with E-state index in [0.29, 0.717) is 6.04 Å². The van der Waals surface area contributed by atoms with Crippen LogP contribution in [0.1, 0.15) is 24.4 Å². The molecule has 1 heterocycles. The minimum atomic E-state index is 0.563. The number of hydrogen-bond donors (Lipinski definition) is 1. The van der Waals surface area contributed by atoms with Crippen molar-refractivity contribution in [2.75, 3.05) is 12.8 Å². The van der Waals surface area contributed by atoms with Crippen molar-refractivity contribution in [1.29, 1.82) is 0 Å². The Hall–Kier alpha value is -1.25. The van der Waals surface area contributed by atoms with Gasteiger partial charge in [0.2, 0.25) is 0 Å². The lowest BCUT2D eigenvalue weighted by Crippen LogP contribution is -2.12. The van der Waals surface area contributed by atoms with Crippen LogP contribution in [0.5, 0.6) is 0 Å². The smallest absolute Gasteiger partial charge is 0.0320 e. The van der Waals surface area contributed by atoms with E-state index >= 15 is 0 Å². The van der Waals surface area contributed by atoms with Crippen LogP contribution in [0.15, 0.2) is 53.4 Å². The van der Waals surface area contributed by atoms with Crippen LogP contribution in [0.4, 0.5) is 0 Å². The number of thioether (sulfide) groups is 1. The summed E-state index contributed by atoms with van der Waals surface area (Å²) in [6, 6.07) is 18.4. The Morgan fingerprint density at radius 1 is 0.947 bits per heavy atom. The number of nitrogens with one attached hydrogen (secondary N) is 1. The Morgan fingerprint density at radius 3 is 2.11 bits per heavy atom. The molecule has 0 radical (unpaired) electrons. The normalized spacial score (nSPS) is 18.7. The molecule has 1 saturated heterocycles. The Morgan fingerprint density at radius 2 is 1.58 bits per heavy atom. The molecule has 2 aromatic carbocycles. The van der Waals surface area contributed by atoms with E-state index in [0.717, 1.165) is 6.54 Å². The first-order chi connectivity index (χ1) is 9.36. The van der Waals surface area contributed by atoms with E-state index in [1.165, 1.54) is 34.4 Å². The molecule has 98 valence electrons. The number of benzene rings is 2. The first-order valence-electron chi connectivity index (χ1n) is 6.84. The van der Waals surface area contributed by atoms with Crippen molar-refractivity contribution in [3.63, 3.8) is 0 Å². The van der Waals surface area contributed by atoms with Crippen molar-refractivity contribution in [2.24, 2.45) is 0 Å². The van der Waals surface area contributed by atoms with E-state index < -0.39 is 0 Å². The second-order valence-corrected chi connectivity index (χ2v) is 5.88. The summed E-state index contributed by atoms with van der Waals surface area (Å²) in [6.45, 7) is 1.16. The van der Waals surface area contributed by atoms with E-state index in [4.69, 9.17) is 0 Å². The van der Waals surface area contributed by atoms with Gasteiger partial charge in [-0.15, -0.1) is 11.8 Å². The summed E-state index contributed by atoms with van der Waals surface area (Å²) >= 11 is 1.78. The zero-order chi connectivity index (χ0) is 13.1. The van der Waals surface area contributed by atoms with Gasteiger partial charge in [-0.05, 0) is 54.5 Å². The van der Waals surface area contributed by atoms with Gasteiger partial charge < -0.3 is 5.32 Å². The van der Waals surface area contributed by atoms with Crippen LogP contribution >= 0.6 is 11.8 Å². The Bertz CT molecular complexity index is 524. The maximum absolute atomic E-state index is 3.54. The average Bonchev–Trinajstić information content (AvgIpc) is 3.02. The van der Waals surface area contributed by atoms with Gasteiger partial charge in [0.05, 0.1) is 0 Å². The van der Waals surface area contributed by atoms with Crippen LogP contribution in [0, 0.1) is 0 Å². The van der Waals surface area contributed by atoms with Crippen molar-refractivity contribution in [2.45, 2.75) is 23.8 Å². The van der Waals surface area contributed by atoms with E-state index in [1.54, 1.807) is 11.8 Å². The van der Waals surface area contributed by atoms with Gasteiger partial charge in [0.1, 0.15) is 0 Å². The summed E-state index contributed by atoms with van der Waals surface area (Å²) in [5.41, 5.74) is 4.01. The fourth-order valence-corrected chi connectivity index (χ4v) is 3.07. The van der Waals surface area contributed by atoms with E-state index in [2.05, 4.69) is 60.1 Å². The Kier molecular flexibility index (Phi) is 3.90. The van der Waals surface area contributed by atoms with Crippen molar-refractivity contribution < 1.29 is 0 Å². The first kappa shape index (κ1) is 12.8. The van der Waals surface area contributed by atoms with Crippen LogP contribution in [0.2, 0.25) is 0 Å². The molecule has 1 aliphatic heterocycles. The molecule has 0 amide bonds. The highest BCUT2D eigenvalue weighted by Gasteiger charge is 2.15. The third kappa shape index (κ3) is 2.85. The molecular weight excluding hydrogens is 250 g/mol. The van der Waals surface area contributed by atoms with Crippen molar-refractivity contribution in [1.82, 2.24) is 5.32 Å². The molecule has 2 heteroatoms. The molecule has 0 unspecified atom stereocenters. The predicted octanol–water partition coefficient (Wildman–Crippen LogP) is 4.50. The molecule has 1 N–H and O–H groups in total. The minimum Gasteiger partial charge on any atom is -0.310 e. The molecule has 3 rings (SSSR count). The number of hydrogen-bond acceptors (Lipinski definition) is 2. The van der Waals surface area contributed by atoms with Gasteiger partial charge in [0.25, 0.3) is 0 Å². The fourth-order valence-electron chi connectivity index (χ4n) is 2.66. The highest BCUT2D eigenvalue weighted by Crippen LogP contribution is 2.27. The molecule has 0 aliphatic carbocycles. The van der Waals surface area contributed by atoms with Crippen molar-refractivity contribution in [3.05, 3.63) is 54.1 Å². The fraction of sp³-hybridized carbons (Fsp3) is 0.294. The molecular formula is C17H19NS. The summed E-state index contributed by atoms with van der Waals surface area (Å²) in [7, 11) is 0. The zero-order valence-corrected chi connectivity index (χ0v) is 12.0. The molecule has 1 aliphatic rings. The molecule has 0 aromatic heterocycles. The molecule has 1 nitrogen and oxygen atoms in total. The van der Waals surface area contributed by atoms with E-state index in [-0.39, 0.29) is 0 Å². The summed E-state index contributed by atoms with van der Waals surface area (Å²) in [5, 5.41) is 3.54. The van der Waals surface area contributed by atoms with Crippen molar-refractivity contribution >= 4 is 11.8 Å². The lowest BCUT2D eigenvalue weighted by Gasteiger charge is -2.11. The molecule has 2 aromatic rings. The third-order valence-electron chi connectivity index (χ3n) is 3.80. The molecule has 1 fully saturated rings. The van der Waals surface area contributed by atoms with Gasteiger partial charge >= 0.3 is 0 Å². The Labute approximate surface area is 119 Å². The molecule has 19 heavy (non-hydrogen) atoms. The highest BCUT2D eigenvalue weighted by molar-refractivity contribution is 7.98. The van der Waals surface area contributed by atoms with Crippen molar-refractivity contribution in [3.8, 4) is 11.1 Å². The zero-order valence-electron chi connectivity index (χ0n) is 11.2. The summed E-state index contributed by atoms with van der Waals surface area (Å²) in [4.78, 5) is 1.32. The molecule has 0 spiro atoms. The highest BCUT2D eigenvalue weighted by atomic mass is 32.2. The minimum absolute atomic E-state index is 0.563. The standard InChI is InChI=1S/C17H19NS/c1-19-16-10-8-14(9-11-16)13-4-6-15(7-5-13)17-3-2-12-18-17/h4-11,17-18H,2-3,12H2,1H3/t17-/m0/s1. The first-order valence-corrected chi connectivity index (χ1v) is 8.07. The van der Waals surface area contributed by atoms with Crippen LogP contribution in [-0.2, 0) is 0 Å². The van der Waals surface area contributed by atoms with E-state index in [1.807, 2.05) is 0 Å². The maximum atomic E-state index is 3.54. The maximum Gasteiger partial charge on any atom is 0.0320 e. The SMILES string of the molecule is CSc1ccc(-c2ccc([C@@H]3CCCN3)cc2)cc1. The topological polar surface area (TPSA) is 12.0 Å². The Balaban J connectivity index is 1.80. The second kappa shape index (κ2) is 5.81. The van der Waals surface area contributed by atoms with E-state index in [9.17, 15) is 0 Å². The van der Waals surface area contributed by atoms with Gasteiger partial charge in [-0.3, -0.25) is 0 Å². The molecule has 0 saturated carbocycles. The van der Waals surface area contributed by atoms with Crippen LogP contribution < -0.4 is 5.32 Å². The lowest BCUT2D eigenvalue weighted by molar-refractivity contribution is 0.648. The van der Waals surface area contributed by atoms with Crippen LogP contribution in [0.3, 0.4) is 0 Å². The molecule has 1 atom stereocenters. The lowest BCUT2D eigenvalue weighted by atomic mass is 10.00. The van der Waals surface area contributed by atoms with Gasteiger partial charge in [0.15, 0.2) is 0 Å². The van der Waals surface area contributed by atoms with Gasteiger partial charge in [-0.1, -0.05) is 36.4 Å². The van der Waals surface area contributed by atoms with Gasteiger partial charge in [-0.2, -0.15) is 0 Å². The predicted molar refractivity (Wildman–Crippen MR) is 83.6 cm³/mol. The summed E-state index contributed by atoms with van der Waals surface area (Å²) < 4.78 is 0. The monoisotopic (exact) mass is 269 g/mol. The summed E-state index contributed by atoms with van der Waals surface area (Å²) in [5.74, 6) is 0. The molecule has 0 bridgehead atoms. The van der Waals surface area contributed by atoms with Crippen LogP contribution in [-0.4, -0.2) is 12.8 Å². The van der Waals surface area contributed by atoms with Crippen LogP contribution in [0.25, 0.3) is 11.1 Å². The number of rotatable bonds is 3. The van der Waals surface area contributed by atoms with Gasteiger partial charge in [0, 0.05) is 10.9 Å². The quantitative estimate of drug-likeness (QED) is 0.823. The second-order valence-electron chi connectivity index (χ2n) is 5.00. The largest absolute Gasteiger partial charge is 0.310 e. The summed E-state index contributed by atoms with van der Waals surface area (Å²) in [6.07, 6.45) is 4.67.